The second-order valence-electron chi connectivity index (χ2n) is 5.48. The minimum Gasteiger partial charge on any atom is -0.288 e. The summed E-state index contributed by atoms with van der Waals surface area (Å²) < 4.78 is 53.2. The number of halogens is 4. The van der Waals surface area contributed by atoms with Crippen molar-refractivity contribution in [1.29, 1.82) is 0 Å². The summed E-state index contributed by atoms with van der Waals surface area (Å²) in [7, 11) is 0. The van der Waals surface area contributed by atoms with Crippen molar-refractivity contribution in [2.75, 3.05) is 0 Å². The fourth-order valence-corrected chi connectivity index (χ4v) is 2.75. The summed E-state index contributed by atoms with van der Waals surface area (Å²) in [5.41, 5.74) is -0.992. The maximum atomic E-state index is 14.2. The van der Waals surface area contributed by atoms with Gasteiger partial charge in [0.05, 0.1) is 16.8 Å². The molecule has 2 heterocycles. The molecule has 0 amide bonds. The van der Waals surface area contributed by atoms with Gasteiger partial charge in [0, 0.05) is 17.0 Å². The zero-order valence-corrected chi connectivity index (χ0v) is 12.4. The summed E-state index contributed by atoms with van der Waals surface area (Å²) in [6, 6.07) is 8.51. The van der Waals surface area contributed by atoms with Gasteiger partial charge in [-0.2, -0.15) is 13.2 Å². The average Bonchev–Trinajstić information content (AvgIpc) is 2.91. The molecule has 8 heteroatoms. The summed E-state index contributed by atoms with van der Waals surface area (Å²) in [5, 5.41) is 3.45. The molecule has 0 atom stereocenters. The molecule has 0 saturated heterocycles. The monoisotopic (exact) mass is 347 g/mol. The van der Waals surface area contributed by atoms with E-state index >= 15 is 0 Å². The van der Waals surface area contributed by atoms with Gasteiger partial charge in [-0.3, -0.25) is 9.89 Å². The third kappa shape index (κ3) is 2.37. The van der Waals surface area contributed by atoms with E-state index in [-0.39, 0.29) is 22.1 Å². The second kappa shape index (κ2) is 5.17. The molecule has 126 valence electrons. The van der Waals surface area contributed by atoms with Crippen molar-refractivity contribution in [2.24, 2.45) is 0 Å². The number of rotatable bonds is 1. The van der Waals surface area contributed by atoms with E-state index in [1.807, 2.05) is 0 Å². The van der Waals surface area contributed by atoms with Crippen molar-refractivity contribution in [1.82, 2.24) is 14.8 Å². The van der Waals surface area contributed by atoms with Gasteiger partial charge in [-0.1, -0.05) is 12.1 Å². The van der Waals surface area contributed by atoms with Gasteiger partial charge < -0.3 is 0 Å². The van der Waals surface area contributed by atoms with Crippen LogP contribution in [-0.2, 0) is 6.18 Å². The summed E-state index contributed by atoms with van der Waals surface area (Å²) in [4.78, 5) is 16.5. The lowest BCUT2D eigenvalue weighted by molar-refractivity contribution is -0.137. The largest absolute Gasteiger partial charge is 0.416 e. The van der Waals surface area contributed by atoms with Crippen molar-refractivity contribution in [3.63, 3.8) is 0 Å². The van der Waals surface area contributed by atoms with E-state index in [1.54, 1.807) is 6.07 Å². The molecule has 0 bridgehead atoms. The van der Waals surface area contributed by atoms with Gasteiger partial charge >= 0.3 is 6.18 Å². The molecule has 0 aliphatic heterocycles. The Labute approximate surface area is 137 Å². The number of benzene rings is 2. The highest BCUT2D eigenvalue weighted by Gasteiger charge is 2.30. The molecule has 2 aromatic heterocycles. The van der Waals surface area contributed by atoms with Crippen LogP contribution in [0, 0.1) is 5.82 Å². The van der Waals surface area contributed by atoms with E-state index in [9.17, 15) is 22.4 Å². The van der Waals surface area contributed by atoms with Gasteiger partial charge in [0.2, 0.25) is 0 Å². The molecule has 4 rings (SSSR count). The summed E-state index contributed by atoms with van der Waals surface area (Å²) in [6.07, 6.45) is -3.09. The normalized spacial score (nSPS) is 12.2. The molecule has 2 aromatic carbocycles. The van der Waals surface area contributed by atoms with Crippen molar-refractivity contribution in [3.8, 4) is 5.69 Å². The molecule has 0 spiro atoms. The lowest BCUT2D eigenvalue weighted by Gasteiger charge is -2.07. The summed E-state index contributed by atoms with van der Waals surface area (Å²) in [6.45, 7) is 0. The number of alkyl halides is 3. The number of aromatic nitrogens is 3. The number of fused-ring (bicyclic) bond motifs is 3. The smallest absolute Gasteiger partial charge is 0.288 e. The number of hydrogen-bond donors (Lipinski definition) is 1. The van der Waals surface area contributed by atoms with Crippen LogP contribution in [0.1, 0.15) is 5.56 Å². The van der Waals surface area contributed by atoms with Crippen LogP contribution < -0.4 is 5.56 Å². The van der Waals surface area contributed by atoms with Crippen molar-refractivity contribution < 1.29 is 17.6 Å². The Hall–Kier alpha value is -3.16. The molecule has 4 aromatic rings. The zero-order chi connectivity index (χ0) is 17.8. The predicted molar refractivity (Wildman–Crippen MR) is 84.2 cm³/mol. The predicted octanol–water partition coefficient (Wildman–Crippen LogP) is 4.02. The quantitative estimate of drug-likeness (QED) is 0.529. The van der Waals surface area contributed by atoms with Gasteiger partial charge in [-0.05, 0) is 30.3 Å². The molecule has 0 radical (unpaired) electrons. The first-order chi connectivity index (χ1) is 11.9. The number of nitrogens with one attached hydrogen (secondary N) is 1. The van der Waals surface area contributed by atoms with Crippen LogP contribution in [-0.4, -0.2) is 14.8 Å². The van der Waals surface area contributed by atoms with Crippen LogP contribution in [0.15, 0.2) is 53.5 Å². The molecule has 4 nitrogen and oxygen atoms in total. The van der Waals surface area contributed by atoms with Gasteiger partial charge in [-0.15, -0.1) is 0 Å². The molecular formula is C17H9F4N3O. The lowest BCUT2D eigenvalue weighted by Crippen LogP contribution is -2.15. The Morgan fingerprint density at radius 3 is 2.44 bits per heavy atom. The fourth-order valence-electron chi connectivity index (χ4n) is 2.75. The van der Waals surface area contributed by atoms with Crippen LogP contribution in [0.25, 0.3) is 27.5 Å². The Bertz CT molecular complexity index is 1160. The Balaban J connectivity index is 1.96. The lowest BCUT2D eigenvalue weighted by atomic mass is 10.1. The SMILES string of the molecule is O=c1c2ncc3cccc(F)c3c2[nH]n1-c1ccc(C(F)(F)F)cc1. The highest BCUT2D eigenvalue weighted by molar-refractivity contribution is 6.03. The van der Waals surface area contributed by atoms with Crippen LogP contribution in [0.5, 0.6) is 0 Å². The zero-order valence-electron chi connectivity index (χ0n) is 12.4. The standard InChI is InChI=1S/C17H9F4N3O/c18-12-3-1-2-9-8-22-15-14(13(9)12)23-24(16(15)25)11-6-4-10(5-7-11)17(19,20)21/h1-8,23H. The van der Waals surface area contributed by atoms with E-state index in [0.717, 1.165) is 28.9 Å². The Morgan fingerprint density at radius 1 is 1.04 bits per heavy atom. The highest BCUT2D eigenvalue weighted by Crippen LogP contribution is 2.29. The molecule has 0 aliphatic carbocycles. The van der Waals surface area contributed by atoms with Crippen LogP contribution in [0.2, 0.25) is 0 Å². The highest BCUT2D eigenvalue weighted by atomic mass is 19.4. The first-order valence-corrected chi connectivity index (χ1v) is 7.22. The fraction of sp³-hybridized carbons (Fsp3) is 0.0588. The molecule has 25 heavy (non-hydrogen) atoms. The molecule has 0 aliphatic rings. The summed E-state index contributed by atoms with van der Waals surface area (Å²) >= 11 is 0. The van der Waals surface area contributed by atoms with Gasteiger partial charge in [0.15, 0.2) is 5.52 Å². The Kier molecular flexibility index (Phi) is 3.18. The third-order valence-corrected chi connectivity index (χ3v) is 3.95. The average molecular weight is 347 g/mol. The molecule has 1 N–H and O–H groups in total. The van der Waals surface area contributed by atoms with Crippen molar-refractivity contribution in [3.05, 3.63) is 70.4 Å². The molecule has 0 fully saturated rings. The topological polar surface area (TPSA) is 50.7 Å². The van der Waals surface area contributed by atoms with E-state index in [2.05, 4.69) is 10.1 Å². The summed E-state index contributed by atoms with van der Waals surface area (Å²) in [5.74, 6) is -0.522. The van der Waals surface area contributed by atoms with Crippen molar-refractivity contribution in [2.45, 2.75) is 6.18 Å². The second-order valence-corrected chi connectivity index (χ2v) is 5.48. The van der Waals surface area contributed by atoms with Crippen LogP contribution in [0.3, 0.4) is 0 Å². The van der Waals surface area contributed by atoms with Gasteiger partial charge in [0.1, 0.15) is 5.82 Å². The van der Waals surface area contributed by atoms with Crippen LogP contribution in [0.4, 0.5) is 17.6 Å². The van der Waals surface area contributed by atoms with E-state index in [1.165, 1.54) is 18.3 Å². The maximum Gasteiger partial charge on any atom is 0.416 e. The number of nitrogens with zero attached hydrogens (tertiary/aromatic N) is 2. The molecule has 0 unspecified atom stereocenters. The minimum atomic E-state index is -4.47. The van der Waals surface area contributed by atoms with E-state index < -0.39 is 23.1 Å². The van der Waals surface area contributed by atoms with E-state index in [4.69, 9.17) is 0 Å². The van der Waals surface area contributed by atoms with Gasteiger partial charge in [-0.25, -0.2) is 14.1 Å². The number of pyridine rings is 1. The first kappa shape index (κ1) is 15.4. The molecule has 0 saturated carbocycles. The van der Waals surface area contributed by atoms with E-state index in [0.29, 0.717) is 5.39 Å². The van der Waals surface area contributed by atoms with Crippen LogP contribution >= 0.6 is 0 Å². The Morgan fingerprint density at radius 2 is 1.76 bits per heavy atom. The first-order valence-electron chi connectivity index (χ1n) is 7.22. The molecular weight excluding hydrogens is 338 g/mol. The maximum absolute atomic E-state index is 14.2. The van der Waals surface area contributed by atoms with Gasteiger partial charge in [0.25, 0.3) is 5.56 Å². The third-order valence-electron chi connectivity index (χ3n) is 3.95. The number of hydrogen-bond acceptors (Lipinski definition) is 2. The minimum absolute atomic E-state index is 0.0116. The number of aromatic amines is 1. The number of H-pyrrole nitrogens is 1. The van der Waals surface area contributed by atoms with Crippen molar-refractivity contribution >= 4 is 21.8 Å².